The third-order valence-corrected chi connectivity index (χ3v) is 5.67. The van der Waals surface area contributed by atoms with Crippen molar-refractivity contribution >= 4 is 23.0 Å². The molecule has 0 saturated heterocycles. The molecule has 0 bridgehead atoms. The van der Waals surface area contributed by atoms with Crippen molar-refractivity contribution in [3.05, 3.63) is 51.3 Å². The van der Waals surface area contributed by atoms with Gasteiger partial charge in [-0.1, -0.05) is 0 Å². The number of nitrogens with one attached hydrogen (secondary N) is 3. The van der Waals surface area contributed by atoms with E-state index in [4.69, 9.17) is 10.1 Å². The van der Waals surface area contributed by atoms with Crippen LogP contribution in [0.25, 0.3) is 0 Å². The van der Waals surface area contributed by atoms with Crippen LogP contribution < -0.4 is 10.6 Å². The SMILES string of the molecule is CN/C(C(=O)NC1(CO)CCC1)=C1/C=C(OCc2cnc(C)s2)C=CC1=N. The van der Waals surface area contributed by atoms with Gasteiger partial charge in [-0.05, 0) is 44.4 Å². The molecular formula is C19H24N4O3S. The van der Waals surface area contributed by atoms with Gasteiger partial charge in [0, 0.05) is 18.8 Å². The van der Waals surface area contributed by atoms with E-state index in [1.165, 1.54) is 0 Å². The fourth-order valence-electron chi connectivity index (χ4n) is 3.05. The lowest BCUT2D eigenvalue weighted by Crippen LogP contribution is -2.57. The van der Waals surface area contributed by atoms with Crippen molar-refractivity contribution in [3.8, 4) is 0 Å². The van der Waals surface area contributed by atoms with Gasteiger partial charge in [0.05, 0.1) is 27.7 Å². The van der Waals surface area contributed by atoms with Crippen LogP contribution in [0.5, 0.6) is 0 Å². The van der Waals surface area contributed by atoms with Crippen molar-refractivity contribution in [2.24, 2.45) is 0 Å². The molecule has 8 heteroatoms. The zero-order chi connectivity index (χ0) is 19.4. The van der Waals surface area contributed by atoms with E-state index >= 15 is 0 Å². The van der Waals surface area contributed by atoms with E-state index in [0.717, 1.165) is 29.1 Å². The van der Waals surface area contributed by atoms with Gasteiger partial charge in [-0.15, -0.1) is 11.3 Å². The van der Waals surface area contributed by atoms with E-state index < -0.39 is 5.54 Å². The molecular weight excluding hydrogens is 364 g/mol. The van der Waals surface area contributed by atoms with Crippen molar-refractivity contribution < 1.29 is 14.6 Å². The van der Waals surface area contributed by atoms with E-state index in [1.54, 1.807) is 42.8 Å². The number of nitrogens with zero attached hydrogens (tertiary/aromatic N) is 1. The quantitative estimate of drug-likeness (QED) is 0.534. The maximum absolute atomic E-state index is 12.7. The molecule has 1 heterocycles. The van der Waals surface area contributed by atoms with Gasteiger partial charge in [-0.25, -0.2) is 4.98 Å². The van der Waals surface area contributed by atoms with Crippen LogP contribution in [-0.4, -0.2) is 40.9 Å². The van der Waals surface area contributed by atoms with Gasteiger partial charge in [0.15, 0.2) is 0 Å². The molecule has 0 atom stereocenters. The average molecular weight is 388 g/mol. The predicted molar refractivity (Wildman–Crippen MR) is 104 cm³/mol. The minimum absolute atomic E-state index is 0.0825. The van der Waals surface area contributed by atoms with Gasteiger partial charge in [-0.2, -0.15) is 0 Å². The number of amides is 1. The summed E-state index contributed by atoms with van der Waals surface area (Å²) in [4.78, 5) is 17.9. The number of hydrogen-bond acceptors (Lipinski definition) is 7. The molecule has 1 saturated carbocycles. The molecule has 1 fully saturated rings. The molecule has 4 N–H and O–H groups in total. The normalized spacial score (nSPS) is 19.8. The Kier molecular flexibility index (Phi) is 5.76. The first kappa shape index (κ1) is 19.3. The molecule has 3 rings (SSSR count). The summed E-state index contributed by atoms with van der Waals surface area (Å²) in [5.74, 6) is 0.253. The maximum atomic E-state index is 12.7. The monoisotopic (exact) mass is 388 g/mol. The Bertz CT molecular complexity index is 828. The molecule has 0 radical (unpaired) electrons. The highest BCUT2D eigenvalue weighted by molar-refractivity contribution is 7.11. The summed E-state index contributed by atoms with van der Waals surface area (Å²) in [7, 11) is 1.65. The van der Waals surface area contributed by atoms with Crippen LogP contribution in [0.2, 0.25) is 0 Å². The Morgan fingerprint density at radius 2 is 2.22 bits per heavy atom. The molecule has 2 aliphatic rings. The molecule has 0 aromatic carbocycles. The van der Waals surface area contributed by atoms with Gasteiger partial charge in [-0.3, -0.25) is 4.79 Å². The number of carbonyl (C=O) groups is 1. The molecule has 1 amide bonds. The second-order valence-corrected chi connectivity index (χ2v) is 8.03. The second kappa shape index (κ2) is 8.06. The van der Waals surface area contributed by atoms with Gasteiger partial charge < -0.3 is 25.9 Å². The van der Waals surface area contributed by atoms with Crippen LogP contribution in [0.15, 0.2) is 41.5 Å². The third-order valence-electron chi connectivity index (χ3n) is 4.78. The Balaban J connectivity index is 1.77. The number of allylic oxidation sites excluding steroid dienone is 4. The van der Waals surface area contributed by atoms with Crippen molar-refractivity contribution in [2.75, 3.05) is 13.7 Å². The number of hydrogen-bond donors (Lipinski definition) is 4. The first-order valence-corrected chi connectivity index (χ1v) is 9.66. The van der Waals surface area contributed by atoms with Crippen LogP contribution in [-0.2, 0) is 16.1 Å². The van der Waals surface area contributed by atoms with E-state index in [1.807, 2.05) is 6.92 Å². The summed E-state index contributed by atoms with van der Waals surface area (Å²) < 4.78 is 5.80. The number of thiazole rings is 1. The number of rotatable bonds is 7. The van der Waals surface area contributed by atoms with E-state index in [2.05, 4.69) is 15.6 Å². The zero-order valence-corrected chi connectivity index (χ0v) is 16.3. The summed E-state index contributed by atoms with van der Waals surface area (Å²) in [5.41, 5.74) is 0.431. The number of likely N-dealkylation sites (N-methyl/N-ethyl adjacent to an activating group) is 1. The summed E-state index contributed by atoms with van der Waals surface area (Å²) in [6.45, 7) is 2.24. The lowest BCUT2D eigenvalue weighted by atomic mass is 9.77. The lowest BCUT2D eigenvalue weighted by molar-refractivity contribution is -0.121. The number of aliphatic hydroxyl groups excluding tert-OH is 1. The second-order valence-electron chi connectivity index (χ2n) is 6.71. The Morgan fingerprint density at radius 3 is 2.78 bits per heavy atom. The van der Waals surface area contributed by atoms with Crippen molar-refractivity contribution in [2.45, 2.75) is 38.3 Å². The summed E-state index contributed by atoms with van der Waals surface area (Å²) in [6, 6.07) is 0. The largest absolute Gasteiger partial charge is 0.488 e. The standard InChI is InChI=1S/C19H24N4O3S/c1-12-22-9-14(27-12)10-26-13-4-5-16(20)15(8-13)17(21-2)18(25)23-19(11-24)6-3-7-19/h4-5,8-9,20-21,24H,3,6-7,10-11H2,1-2H3,(H,23,25)/b17-15-,20-16?. The molecule has 1 aromatic heterocycles. The lowest BCUT2D eigenvalue weighted by Gasteiger charge is -2.41. The van der Waals surface area contributed by atoms with Crippen molar-refractivity contribution in [3.63, 3.8) is 0 Å². The average Bonchev–Trinajstić information content (AvgIpc) is 3.04. The molecule has 0 unspecified atom stereocenters. The van der Waals surface area contributed by atoms with Gasteiger partial charge >= 0.3 is 0 Å². The molecule has 27 heavy (non-hydrogen) atoms. The van der Waals surface area contributed by atoms with Crippen molar-refractivity contribution in [1.29, 1.82) is 5.41 Å². The fraction of sp³-hybridized carbons (Fsp3) is 0.421. The van der Waals surface area contributed by atoms with Gasteiger partial charge in [0.1, 0.15) is 18.1 Å². The number of aromatic nitrogens is 1. The minimum atomic E-state index is -0.542. The topological polar surface area (TPSA) is 107 Å². The highest BCUT2D eigenvalue weighted by Crippen LogP contribution is 2.31. The Labute approximate surface area is 162 Å². The van der Waals surface area contributed by atoms with Crippen LogP contribution >= 0.6 is 11.3 Å². The highest BCUT2D eigenvalue weighted by Gasteiger charge is 2.38. The van der Waals surface area contributed by atoms with Gasteiger partial charge in [0.2, 0.25) is 0 Å². The van der Waals surface area contributed by atoms with Crippen molar-refractivity contribution in [1.82, 2.24) is 15.6 Å². The highest BCUT2D eigenvalue weighted by atomic mass is 32.1. The van der Waals surface area contributed by atoms with E-state index in [9.17, 15) is 9.90 Å². The first-order valence-electron chi connectivity index (χ1n) is 8.84. The van der Waals surface area contributed by atoms with Crippen LogP contribution in [0, 0.1) is 12.3 Å². The molecule has 7 nitrogen and oxygen atoms in total. The van der Waals surface area contributed by atoms with E-state index in [0.29, 0.717) is 23.6 Å². The molecule has 1 aromatic rings. The van der Waals surface area contributed by atoms with Crippen LogP contribution in [0.4, 0.5) is 0 Å². The smallest absolute Gasteiger partial charge is 0.268 e. The van der Waals surface area contributed by atoms with E-state index in [-0.39, 0.29) is 18.2 Å². The fourth-order valence-corrected chi connectivity index (χ4v) is 3.75. The third kappa shape index (κ3) is 4.28. The van der Waals surface area contributed by atoms with Crippen LogP contribution in [0.3, 0.4) is 0 Å². The first-order chi connectivity index (χ1) is 13.0. The van der Waals surface area contributed by atoms with Crippen LogP contribution in [0.1, 0.15) is 29.1 Å². The Hall–Kier alpha value is -2.45. The Morgan fingerprint density at radius 1 is 1.44 bits per heavy atom. The molecule has 0 aliphatic heterocycles. The zero-order valence-electron chi connectivity index (χ0n) is 15.5. The molecule has 144 valence electrons. The summed E-state index contributed by atoms with van der Waals surface area (Å²) in [6.07, 6.45) is 9.30. The maximum Gasteiger partial charge on any atom is 0.268 e. The predicted octanol–water partition coefficient (Wildman–Crippen LogP) is 1.95. The number of carbonyl (C=O) groups excluding carboxylic acids is 1. The minimum Gasteiger partial charge on any atom is -0.488 e. The number of ether oxygens (including phenoxy) is 1. The molecule has 0 spiro atoms. The number of aliphatic hydroxyl groups is 1. The summed E-state index contributed by atoms with van der Waals surface area (Å²) >= 11 is 1.57. The molecule has 2 aliphatic carbocycles. The van der Waals surface area contributed by atoms with Gasteiger partial charge in [0.25, 0.3) is 5.91 Å². The number of aryl methyl sites for hydroxylation is 1. The summed E-state index contributed by atoms with van der Waals surface area (Å²) in [5, 5.41) is 24.6.